The lowest BCUT2D eigenvalue weighted by atomic mass is 10.0. The highest BCUT2D eigenvalue weighted by Crippen LogP contribution is 2.19. The van der Waals surface area contributed by atoms with Crippen LogP contribution in [0.3, 0.4) is 0 Å². The number of hydrogen-bond acceptors (Lipinski definition) is 6. The molecule has 1 aromatic heterocycles. The molecule has 0 N–H and O–H groups in total. The third-order valence-corrected chi connectivity index (χ3v) is 3.94. The van der Waals surface area contributed by atoms with Crippen LogP contribution in [0.2, 0.25) is 0 Å². The Bertz CT molecular complexity index is 529. The summed E-state index contributed by atoms with van der Waals surface area (Å²) in [5.74, 6) is 0.0469. The molecule has 7 nitrogen and oxygen atoms in total. The van der Waals surface area contributed by atoms with Gasteiger partial charge in [-0.25, -0.2) is 9.78 Å². The number of rotatable bonds is 6. The fourth-order valence-electron chi connectivity index (χ4n) is 2.60. The average molecular weight is 309 g/mol. The van der Waals surface area contributed by atoms with Gasteiger partial charge in [0, 0.05) is 20.1 Å². The van der Waals surface area contributed by atoms with E-state index < -0.39 is 5.97 Å². The maximum absolute atomic E-state index is 12.4. The molecule has 1 saturated heterocycles. The van der Waals surface area contributed by atoms with Crippen molar-refractivity contribution in [1.82, 2.24) is 14.8 Å². The summed E-state index contributed by atoms with van der Waals surface area (Å²) in [6.07, 6.45) is 4.16. The monoisotopic (exact) mass is 309 g/mol. The number of carbonyl (C=O) groups excluding carboxylic acids is 2. The number of ether oxygens (including phenoxy) is 1. The normalized spacial score (nSPS) is 19.5. The van der Waals surface area contributed by atoms with Gasteiger partial charge in [-0.15, -0.1) is 0 Å². The van der Waals surface area contributed by atoms with Gasteiger partial charge in [0.05, 0.1) is 19.7 Å². The van der Waals surface area contributed by atoms with E-state index in [1.54, 1.807) is 4.90 Å². The van der Waals surface area contributed by atoms with Gasteiger partial charge >= 0.3 is 5.97 Å². The molecule has 0 radical (unpaired) electrons. The Morgan fingerprint density at radius 2 is 2.27 bits per heavy atom. The number of hydrogen-bond donors (Lipinski definition) is 0. The molecule has 0 bridgehead atoms. The summed E-state index contributed by atoms with van der Waals surface area (Å²) < 4.78 is 9.94. The quantitative estimate of drug-likeness (QED) is 0.737. The zero-order valence-electron chi connectivity index (χ0n) is 13.4. The fraction of sp³-hybridized carbons (Fsp3) is 0.667. The standard InChI is InChI=1S/C15H23N3O4/c1-4-5-6-12-14(19)17(2)7-8-18(12)9-13-16-11(10-22-13)15(20)21-3/h10,12H,4-9H2,1-3H3/t12-/m1/s1. The third-order valence-electron chi connectivity index (χ3n) is 3.94. The summed E-state index contributed by atoms with van der Waals surface area (Å²) in [7, 11) is 3.13. The first-order valence-corrected chi connectivity index (χ1v) is 7.58. The van der Waals surface area contributed by atoms with Gasteiger partial charge in [0.15, 0.2) is 5.69 Å². The van der Waals surface area contributed by atoms with E-state index in [0.717, 1.165) is 25.8 Å². The van der Waals surface area contributed by atoms with Crippen LogP contribution in [0.4, 0.5) is 0 Å². The van der Waals surface area contributed by atoms with Crippen molar-refractivity contribution in [3.63, 3.8) is 0 Å². The lowest BCUT2D eigenvalue weighted by molar-refractivity contribution is -0.141. The minimum Gasteiger partial charge on any atom is -0.464 e. The SMILES string of the molecule is CCCC[C@@H]1C(=O)N(C)CCN1Cc1nc(C(=O)OC)co1. The Morgan fingerprint density at radius 3 is 2.95 bits per heavy atom. The second kappa shape index (κ2) is 7.40. The van der Waals surface area contributed by atoms with Gasteiger partial charge in [0.2, 0.25) is 11.8 Å². The Morgan fingerprint density at radius 1 is 1.50 bits per heavy atom. The lowest BCUT2D eigenvalue weighted by Gasteiger charge is -2.38. The molecule has 1 amide bonds. The molecule has 0 unspecified atom stereocenters. The Balaban J connectivity index is 2.06. The van der Waals surface area contributed by atoms with Crippen molar-refractivity contribution in [3.05, 3.63) is 17.8 Å². The number of aromatic nitrogens is 1. The predicted molar refractivity (Wildman–Crippen MR) is 79.2 cm³/mol. The zero-order valence-corrected chi connectivity index (χ0v) is 13.4. The second-order valence-electron chi connectivity index (χ2n) is 5.51. The molecular formula is C15H23N3O4. The molecule has 1 aromatic rings. The molecule has 1 fully saturated rings. The van der Waals surface area contributed by atoms with Crippen LogP contribution in [0.5, 0.6) is 0 Å². The van der Waals surface area contributed by atoms with E-state index in [1.807, 2.05) is 7.05 Å². The van der Waals surface area contributed by atoms with E-state index in [-0.39, 0.29) is 17.6 Å². The van der Waals surface area contributed by atoms with Gasteiger partial charge < -0.3 is 14.1 Å². The van der Waals surface area contributed by atoms with Gasteiger partial charge in [-0.2, -0.15) is 0 Å². The Hall–Kier alpha value is -1.89. The van der Waals surface area contributed by atoms with Gasteiger partial charge in [-0.05, 0) is 6.42 Å². The topological polar surface area (TPSA) is 75.9 Å². The van der Waals surface area contributed by atoms with Crippen molar-refractivity contribution in [2.45, 2.75) is 38.8 Å². The summed E-state index contributed by atoms with van der Waals surface area (Å²) in [5, 5.41) is 0. The van der Waals surface area contributed by atoms with E-state index in [0.29, 0.717) is 19.0 Å². The fourth-order valence-corrected chi connectivity index (χ4v) is 2.60. The molecule has 7 heteroatoms. The number of nitrogens with zero attached hydrogens (tertiary/aromatic N) is 3. The molecule has 2 heterocycles. The van der Waals surface area contributed by atoms with Crippen molar-refractivity contribution in [3.8, 4) is 0 Å². The molecule has 0 saturated carbocycles. The second-order valence-corrected chi connectivity index (χ2v) is 5.51. The zero-order chi connectivity index (χ0) is 16.1. The van der Waals surface area contributed by atoms with E-state index in [9.17, 15) is 9.59 Å². The number of piperazine rings is 1. The summed E-state index contributed by atoms with van der Waals surface area (Å²) >= 11 is 0. The number of oxazole rings is 1. The van der Waals surface area contributed by atoms with Crippen LogP contribution in [0.25, 0.3) is 0 Å². The molecule has 0 spiro atoms. The first kappa shape index (κ1) is 16.5. The van der Waals surface area contributed by atoms with Crippen LogP contribution in [0.15, 0.2) is 10.7 Å². The molecule has 1 aliphatic rings. The molecule has 1 atom stereocenters. The van der Waals surface area contributed by atoms with Crippen LogP contribution in [0, 0.1) is 0 Å². The maximum atomic E-state index is 12.4. The van der Waals surface area contributed by atoms with Crippen molar-refractivity contribution >= 4 is 11.9 Å². The number of methoxy groups -OCH3 is 1. The molecule has 2 rings (SSSR count). The number of unbranched alkanes of at least 4 members (excludes halogenated alkanes) is 1. The molecule has 0 aliphatic carbocycles. The highest BCUT2D eigenvalue weighted by molar-refractivity contribution is 5.86. The van der Waals surface area contributed by atoms with Crippen LogP contribution in [0.1, 0.15) is 42.6 Å². The number of amides is 1. The highest BCUT2D eigenvalue weighted by Gasteiger charge is 2.33. The lowest BCUT2D eigenvalue weighted by Crippen LogP contribution is -2.55. The molecule has 1 aliphatic heterocycles. The summed E-state index contributed by atoms with van der Waals surface area (Å²) in [4.78, 5) is 31.7. The van der Waals surface area contributed by atoms with E-state index in [2.05, 4.69) is 21.5 Å². The van der Waals surface area contributed by atoms with E-state index in [1.165, 1.54) is 13.4 Å². The number of carbonyl (C=O) groups is 2. The molecule has 0 aromatic carbocycles. The maximum Gasteiger partial charge on any atom is 0.360 e. The van der Waals surface area contributed by atoms with Crippen molar-refractivity contribution < 1.29 is 18.7 Å². The van der Waals surface area contributed by atoms with Crippen LogP contribution < -0.4 is 0 Å². The van der Waals surface area contributed by atoms with Crippen molar-refractivity contribution in [2.24, 2.45) is 0 Å². The van der Waals surface area contributed by atoms with E-state index >= 15 is 0 Å². The van der Waals surface area contributed by atoms with Crippen LogP contribution in [-0.2, 0) is 16.1 Å². The average Bonchev–Trinajstić information content (AvgIpc) is 2.98. The van der Waals surface area contributed by atoms with Crippen molar-refractivity contribution in [1.29, 1.82) is 0 Å². The molecule has 122 valence electrons. The number of likely N-dealkylation sites (N-methyl/N-ethyl adjacent to an activating group) is 1. The smallest absolute Gasteiger partial charge is 0.360 e. The van der Waals surface area contributed by atoms with E-state index in [4.69, 9.17) is 4.42 Å². The number of esters is 1. The largest absolute Gasteiger partial charge is 0.464 e. The summed E-state index contributed by atoms with van der Waals surface area (Å²) in [6, 6.07) is -0.146. The first-order valence-electron chi connectivity index (χ1n) is 7.58. The Kier molecular flexibility index (Phi) is 5.54. The Labute approximate surface area is 130 Å². The van der Waals surface area contributed by atoms with Gasteiger partial charge in [-0.3, -0.25) is 9.69 Å². The first-order chi connectivity index (χ1) is 10.6. The van der Waals surface area contributed by atoms with Crippen LogP contribution >= 0.6 is 0 Å². The van der Waals surface area contributed by atoms with Crippen molar-refractivity contribution in [2.75, 3.05) is 27.2 Å². The van der Waals surface area contributed by atoms with Gasteiger partial charge in [-0.1, -0.05) is 19.8 Å². The van der Waals surface area contributed by atoms with Gasteiger partial charge in [0.25, 0.3) is 0 Å². The minimum atomic E-state index is -0.521. The minimum absolute atomic E-state index is 0.138. The summed E-state index contributed by atoms with van der Waals surface area (Å²) in [5.41, 5.74) is 0.156. The predicted octanol–water partition coefficient (Wildman–Crippen LogP) is 1.29. The summed E-state index contributed by atoms with van der Waals surface area (Å²) in [6.45, 7) is 3.99. The molecule has 22 heavy (non-hydrogen) atoms. The third kappa shape index (κ3) is 3.65. The van der Waals surface area contributed by atoms with Crippen LogP contribution in [-0.4, -0.2) is 59.9 Å². The highest BCUT2D eigenvalue weighted by atomic mass is 16.5. The van der Waals surface area contributed by atoms with Gasteiger partial charge in [0.1, 0.15) is 6.26 Å². The molecular weight excluding hydrogens is 286 g/mol.